The van der Waals surface area contributed by atoms with Crippen LogP contribution in [0.15, 0.2) is 73.3 Å². The monoisotopic (exact) mass is 398 g/mol. The topological polar surface area (TPSA) is 84.3 Å². The molecule has 0 bridgehead atoms. The van der Waals surface area contributed by atoms with Crippen LogP contribution in [0.4, 0.5) is 5.69 Å². The Labute approximate surface area is 164 Å². The highest BCUT2D eigenvalue weighted by Crippen LogP contribution is 2.20. The second-order valence-electron chi connectivity index (χ2n) is 6.39. The molecular formula is C20H22N4O3S. The molecule has 0 saturated heterocycles. The van der Waals surface area contributed by atoms with Crippen LogP contribution in [0.5, 0.6) is 0 Å². The summed E-state index contributed by atoms with van der Waals surface area (Å²) in [6, 6.07) is 15.3. The Morgan fingerprint density at radius 1 is 1.14 bits per heavy atom. The van der Waals surface area contributed by atoms with E-state index >= 15 is 0 Å². The van der Waals surface area contributed by atoms with Crippen LogP contribution in [0.25, 0.3) is 5.69 Å². The molecule has 0 aliphatic carbocycles. The lowest BCUT2D eigenvalue weighted by Crippen LogP contribution is -2.47. The number of benzene rings is 2. The minimum Gasteiger partial charge on any atom is -0.350 e. The molecule has 1 atom stereocenters. The first-order valence-electron chi connectivity index (χ1n) is 8.76. The van der Waals surface area contributed by atoms with Crippen molar-refractivity contribution in [3.63, 3.8) is 0 Å². The highest BCUT2D eigenvalue weighted by Gasteiger charge is 2.28. The zero-order valence-electron chi connectivity index (χ0n) is 15.7. The predicted molar refractivity (Wildman–Crippen MR) is 109 cm³/mol. The van der Waals surface area contributed by atoms with E-state index in [2.05, 4.69) is 10.3 Å². The highest BCUT2D eigenvalue weighted by molar-refractivity contribution is 7.92. The lowest BCUT2D eigenvalue weighted by molar-refractivity contribution is -0.122. The van der Waals surface area contributed by atoms with E-state index in [1.54, 1.807) is 49.8 Å². The van der Waals surface area contributed by atoms with Crippen LogP contribution in [0, 0.1) is 0 Å². The van der Waals surface area contributed by atoms with Crippen molar-refractivity contribution in [2.24, 2.45) is 0 Å². The molecule has 8 heteroatoms. The van der Waals surface area contributed by atoms with Crippen LogP contribution in [0.3, 0.4) is 0 Å². The van der Waals surface area contributed by atoms with Crippen molar-refractivity contribution in [3.05, 3.63) is 78.9 Å². The van der Waals surface area contributed by atoms with E-state index < -0.39 is 16.1 Å². The summed E-state index contributed by atoms with van der Waals surface area (Å²) in [6.45, 7) is 1.84. The number of imidazole rings is 1. The average Bonchev–Trinajstić information content (AvgIpc) is 3.20. The maximum absolute atomic E-state index is 12.7. The number of rotatable bonds is 7. The lowest BCUT2D eigenvalue weighted by atomic mass is 10.1. The summed E-state index contributed by atoms with van der Waals surface area (Å²) in [5, 5.41) is 2.84. The SMILES string of the molecule is C[C@H](C(=O)NCc1ccccc1-n1ccnc1)N(c1ccccc1)S(C)(=O)=O. The van der Waals surface area contributed by atoms with Crippen molar-refractivity contribution in [2.75, 3.05) is 10.6 Å². The van der Waals surface area contributed by atoms with Gasteiger partial charge in [-0.05, 0) is 30.7 Å². The normalized spacial score (nSPS) is 12.4. The quantitative estimate of drug-likeness (QED) is 0.662. The first kappa shape index (κ1) is 19.6. The fraction of sp³-hybridized carbons (Fsp3) is 0.200. The molecule has 1 amide bonds. The molecule has 2 aromatic carbocycles. The molecule has 3 rings (SSSR count). The fourth-order valence-electron chi connectivity index (χ4n) is 3.03. The summed E-state index contributed by atoms with van der Waals surface area (Å²) in [7, 11) is -3.63. The van der Waals surface area contributed by atoms with Crippen molar-refractivity contribution >= 4 is 21.6 Å². The molecule has 1 heterocycles. The van der Waals surface area contributed by atoms with Crippen molar-refractivity contribution < 1.29 is 13.2 Å². The average molecular weight is 398 g/mol. The van der Waals surface area contributed by atoms with Gasteiger partial charge in [-0.1, -0.05) is 36.4 Å². The molecule has 0 aliphatic heterocycles. The van der Waals surface area contributed by atoms with Gasteiger partial charge in [0.2, 0.25) is 15.9 Å². The first-order valence-corrected chi connectivity index (χ1v) is 10.6. The van der Waals surface area contributed by atoms with Gasteiger partial charge in [0.1, 0.15) is 6.04 Å². The number of hydrogen-bond donors (Lipinski definition) is 1. The summed E-state index contributed by atoms with van der Waals surface area (Å²) in [4.78, 5) is 16.8. The van der Waals surface area contributed by atoms with Gasteiger partial charge in [-0.25, -0.2) is 13.4 Å². The fourth-order valence-corrected chi connectivity index (χ4v) is 4.20. The van der Waals surface area contributed by atoms with Crippen LogP contribution >= 0.6 is 0 Å². The van der Waals surface area contributed by atoms with Crippen molar-refractivity contribution in [1.82, 2.24) is 14.9 Å². The van der Waals surface area contributed by atoms with Crippen LogP contribution < -0.4 is 9.62 Å². The van der Waals surface area contributed by atoms with Gasteiger partial charge in [-0.15, -0.1) is 0 Å². The van der Waals surface area contributed by atoms with Crippen LogP contribution in [-0.4, -0.2) is 36.2 Å². The Bertz CT molecular complexity index is 1030. The smallest absolute Gasteiger partial charge is 0.243 e. The standard InChI is InChI=1S/C20H22N4O3S/c1-16(24(28(2,26)27)18-9-4-3-5-10-18)20(25)22-14-17-8-6-7-11-19(17)23-13-12-21-15-23/h3-13,15-16H,14H2,1-2H3,(H,22,25)/t16-/m1/s1. The van der Waals surface area contributed by atoms with E-state index in [4.69, 9.17) is 0 Å². The third-order valence-corrected chi connectivity index (χ3v) is 5.57. The molecule has 28 heavy (non-hydrogen) atoms. The predicted octanol–water partition coefficient (Wildman–Crippen LogP) is 2.34. The van der Waals surface area contributed by atoms with Gasteiger partial charge in [-0.3, -0.25) is 9.10 Å². The minimum atomic E-state index is -3.63. The summed E-state index contributed by atoms with van der Waals surface area (Å²) in [5.74, 6) is -0.380. The summed E-state index contributed by atoms with van der Waals surface area (Å²) in [6.07, 6.45) is 6.29. The molecule has 0 unspecified atom stereocenters. The van der Waals surface area contributed by atoms with Gasteiger partial charge in [0.05, 0.1) is 24.0 Å². The molecule has 0 saturated carbocycles. The van der Waals surface area contributed by atoms with Crippen molar-refractivity contribution in [1.29, 1.82) is 0 Å². The third kappa shape index (κ3) is 4.40. The molecule has 3 aromatic rings. The van der Waals surface area contributed by atoms with Crippen LogP contribution in [-0.2, 0) is 21.4 Å². The lowest BCUT2D eigenvalue weighted by Gasteiger charge is -2.28. The van der Waals surface area contributed by atoms with Crippen molar-refractivity contribution in [2.45, 2.75) is 19.5 Å². The van der Waals surface area contributed by atoms with E-state index in [-0.39, 0.29) is 12.5 Å². The van der Waals surface area contributed by atoms with E-state index in [9.17, 15) is 13.2 Å². The number of amides is 1. The second-order valence-corrected chi connectivity index (χ2v) is 8.25. The summed E-state index contributed by atoms with van der Waals surface area (Å²) < 4.78 is 27.6. The third-order valence-electron chi connectivity index (χ3n) is 4.33. The van der Waals surface area contributed by atoms with E-state index in [0.29, 0.717) is 5.69 Å². The summed E-state index contributed by atoms with van der Waals surface area (Å²) >= 11 is 0. The Balaban J connectivity index is 1.78. The van der Waals surface area contributed by atoms with Gasteiger partial charge >= 0.3 is 0 Å². The maximum Gasteiger partial charge on any atom is 0.243 e. The van der Waals surface area contributed by atoms with Gasteiger partial charge in [0, 0.05) is 18.9 Å². The first-order chi connectivity index (χ1) is 13.4. The Morgan fingerprint density at radius 2 is 1.82 bits per heavy atom. The molecule has 0 radical (unpaired) electrons. The molecule has 146 valence electrons. The number of carbonyl (C=O) groups excluding carboxylic acids is 1. The van der Waals surface area contributed by atoms with Gasteiger partial charge in [-0.2, -0.15) is 0 Å². The van der Waals surface area contributed by atoms with E-state index in [1.807, 2.05) is 35.0 Å². The number of carbonyl (C=O) groups is 1. The maximum atomic E-state index is 12.7. The molecule has 1 aromatic heterocycles. The number of sulfonamides is 1. The van der Waals surface area contributed by atoms with Gasteiger partial charge < -0.3 is 9.88 Å². The molecule has 1 N–H and O–H groups in total. The van der Waals surface area contributed by atoms with E-state index in [0.717, 1.165) is 21.8 Å². The number of nitrogens with zero attached hydrogens (tertiary/aromatic N) is 3. The zero-order chi connectivity index (χ0) is 20.1. The Morgan fingerprint density at radius 3 is 2.46 bits per heavy atom. The number of hydrogen-bond acceptors (Lipinski definition) is 4. The second kappa shape index (κ2) is 8.26. The summed E-state index contributed by atoms with van der Waals surface area (Å²) in [5.41, 5.74) is 2.24. The van der Waals surface area contributed by atoms with Gasteiger partial charge in [0.15, 0.2) is 0 Å². The molecule has 7 nitrogen and oxygen atoms in total. The molecule has 0 fully saturated rings. The van der Waals surface area contributed by atoms with Crippen LogP contribution in [0.1, 0.15) is 12.5 Å². The van der Waals surface area contributed by atoms with Crippen molar-refractivity contribution in [3.8, 4) is 5.69 Å². The zero-order valence-corrected chi connectivity index (χ0v) is 16.5. The molecule has 0 aliphatic rings. The van der Waals surface area contributed by atoms with Crippen LogP contribution in [0.2, 0.25) is 0 Å². The minimum absolute atomic E-state index is 0.268. The highest BCUT2D eigenvalue weighted by atomic mass is 32.2. The Kier molecular flexibility index (Phi) is 5.79. The Hall–Kier alpha value is -3.13. The number of anilines is 1. The largest absolute Gasteiger partial charge is 0.350 e. The number of aromatic nitrogens is 2. The number of nitrogens with one attached hydrogen (secondary N) is 1. The van der Waals surface area contributed by atoms with Gasteiger partial charge in [0.25, 0.3) is 0 Å². The van der Waals surface area contributed by atoms with E-state index in [1.165, 1.54) is 0 Å². The molecular weight excluding hydrogens is 376 g/mol. The molecule has 0 spiro atoms. The number of para-hydroxylation sites is 2.